The van der Waals surface area contributed by atoms with Crippen molar-refractivity contribution in [3.8, 4) is 5.75 Å². The number of benzene rings is 1. The summed E-state index contributed by atoms with van der Waals surface area (Å²) >= 11 is 0. The molecule has 0 saturated carbocycles. The SMILES string of the molecule is O=[N+]([O-])c1ccccc1O[P@]1(=O)OCC[C@@H](c2ccncc2)O1. The van der Waals surface area contributed by atoms with Crippen molar-refractivity contribution in [3.63, 3.8) is 0 Å². The van der Waals surface area contributed by atoms with Crippen molar-refractivity contribution in [3.05, 3.63) is 64.5 Å². The lowest BCUT2D eigenvalue weighted by molar-refractivity contribution is -0.385. The molecule has 1 saturated heterocycles. The smallest absolute Gasteiger partial charge is 0.397 e. The lowest BCUT2D eigenvalue weighted by atomic mass is 10.1. The van der Waals surface area contributed by atoms with Crippen LogP contribution in [0.15, 0.2) is 48.8 Å². The molecule has 23 heavy (non-hydrogen) atoms. The van der Waals surface area contributed by atoms with Gasteiger partial charge in [0, 0.05) is 24.9 Å². The summed E-state index contributed by atoms with van der Waals surface area (Å²) < 4.78 is 28.5. The quantitative estimate of drug-likeness (QED) is 0.477. The molecule has 1 aliphatic rings. The predicted molar refractivity (Wildman–Crippen MR) is 80.0 cm³/mol. The van der Waals surface area contributed by atoms with Gasteiger partial charge in [-0.15, -0.1) is 0 Å². The number of phosphoric acid groups is 1. The molecule has 120 valence electrons. The maximum Gasteiger partial charge on any atom is 0.530 e. The minimum Gasteiger partial charge on any atom is -0.397 e. The molecule has 1 aliphatic heterocycles. The standard InChI is InChI=1S/C14H13N2O6P/c17-16(18)12-3-1-2-4-14(12)22-23(19)20-10-7-13(21-23)11-5-8-15-9-6-11/h1-6,8-9,13H,7,10H2/t13-,23+/m0/s1. The van der Waals surface area contributed by atoms with Crippen molar-refractivity contribution < 1.29 is 23.1 Å². The molecular formula is C14H13N2O6P. The number of hydrogen-bond donors (Lipinski definition) is 0. The Balaban J connectivity index is 1.82. The van der Waals surface area contributed by atoms with Gasteiger partial charge in [-0.1, -0.05) is 12.1 Å². The number of pyridine rings is 1. The van der Waals surface area contributed by atoms with E-state index >= 15 is 0 Å². The molecule has 8 nitrogen and oxygen atoms in total. The normalized spacial score (nSPS) is 24.1. The highest BCUT2D eigenvalue weighted by Gasteiger charge is 2.39. The second-order valence-electron chi connectivity index (χ2n) is 4.76. The molecule has 2 atom stereocenters. The Morgan fingerprint density at radius 2 is 2.00 bits per heavy atom. The van der Waals surface area contributed by atoms with E-state index in [4.69, 9.17) is 13.6 Å². The highest BCUT2D eigenvalue weighted by molar-refractivity contribution is 7.49. The summed E-state index contributed by atoms with van der Waals surface area (Å²) in [5, 5.41) is 11.0. The highest BCUT2D eigenvalue weighted by Crippen LogP contribution is 2.57. The van der Waals surface area contributed by atoms with Gasteiger partial charge in [0.05, 0.1) is 17.6 Å². The molecule has 0 unspecified atom stereocenters. The van der Waals surface area contributed by atoms with Gasteiger partial charge in [-0.25, -0.2) is 4.57 Å². The van der Waals surface area contributed by atoms with Crippen LogP contribution in [0.5, 0.6) is 5.75 Å². The Morgan fingerprint density at radius 3 is 2.74 bits per heavy atom. The predicted octanol–water partition coefficient (Wildman–Crippen LogP) is 3.65. The van der Waals surface area contributed by atoms with Crippen molar-refractivity contribution in [1.82, 2.24) is 4.98 Å². The van der Waals surface area contributed by atoms with E-state index < -0.39 is 18.8 Å². The number of nitrogens with zero attached hydrogens (tertiary/aromatic N) is 2. The number of aromatic nitrogens is 1. The van der Waals surface area contributed by atoms with E-state index in [1.54, 1.807) is 30.6 Å². The monoisotopic (exact) mass is 336 g/mol. The first-order chi connectivity index (χ1) is 11.1. The summed E-state index contributed by atoms with van der Waals surface area (Å²) in [6.07, 6.45) is 3.21. The van der Waals surface area contributed by atoms with Crippen LogP contribution in [0, 0.1) is 10.1 Å². The molecule has 2 aromatic rings. The molecule has 0 spiro atoms. The first-order valence-electron chi connectivity index (χ1n) is 6.83. The maximum atomic E-state index is 12.7. The average Bonchev–Trinajstić information content (AvgIpc) is 2.55. The summed E-state index contributed by atoms with van der Waals surface area (Å²) in [4.78, 5) is 14.3. The van der Waals surface area contributed by atoms with Crippen molar-refractivity contribution in [2.24, 2.45) is 0 Å². The van der Waals surface area contributed by atoms with E-state index in [1.165, 1.54) is 18.2 Å². The summed E-state index contributed by atoms with van der Waals surface area (Å²) in [7, 11) is -3.95. The number of phosphoric ester groups is 1. The maximum absolute atomic E-state index is 12.7. The number of hydrogen-bond acceptors (Lipinski definition) is 7. The molecule has 1 fully saturated rings. The third-order valence-electron chi connectivity index (χ3n) is 3.24. The lowest BCUT2D eigenvalue weighted by Crippen LogP contribution is -2.16. The van der Waals surface area contributed by atoms with Crippen LogP contribution in [-0.2, 0) is 13.6 Å². The van der Waals surface area contributed by atoms with Crippen LogP contribution in [0.1, 0.15) is 18.1 Å². The van der Waals surface area contributed by atoms with Crippen molar-refractivity contribution >= 4 is 13.5 Å². The van der Waals surface area contributed by atoms with Gasteiger partial charge in [0.15, 0.2) is 0 Å². The molecule has 0 amide bonds. The van der Waals surface area contributed by atoms with Crippen LogP contribution in [0.3, 0.4) is 0 Å². The van der Waals surface area contributed by atoms with Crippen molar-refractivity contribution in [2.75, 3.05) is 6.61 Å². The third kappa shape index (κ3) is 3.56. The summed E-state index contributed by atoms with van der Waals surface area (Å²) in [6.45, 7) is 0.158. The molecule has 9 heteroatoms. The minimum atomic E-state index is -3.95. The Morgan fingerprint density at radius 1 is 1.26 bits per heavy atom. The lowest BCUT2D eigenvalue weighted by Gasteiger charge is -2.28. The number of rotatable bonds is 4. The van der Waals surface area contributed by atoms with E-state index in [0.717, 1.165) is 5.56 Å². The van der Waals surface area contributed by atoms with Gasteiger partial charge in [0.25, 0.3) is 0 Å². The third-order valence-corrected chi connectivity index (χ3v) is 4.67. The average molecular weight is 336 g/mol. The first-order valence-corrected chi connectivity index (χ1v) is 8.29. The van der Waals surface area contributed by atoms with E-state index in [-0.39, 0.29) is 18.0 Å². The van der Waals surface area contributed by atoms with Gasteiger partial charge in [-0.2, -0.15) is 0 Å². The van der Waals surface area contributed by atoms with Crippen LogP contribution in [-0.4, -0.2) is 16.5 Å². The summed E-state index contributed by atoms with van der Waals surface area (Å²) in [6, 6.07) is 9.12. The van der Waals surface area contributed by atoms with Crippen LogP contribution < -0.4 is 4.52 Å². The number of nitro groups is 1. The van der Waals surface area contributed by atoms with Crippen LogP contribution in [0.25, 0.3) is 0 Å². The van der Waals surface area contributed by atoms with Crippen LogP contribution in [0.4, 0.5) is 5.69 Å². The van der Waals surface area contributed by atoms with Crippen LogP contribution >= 0.6 is 7.82 Å². The van der Waals surface area contributed by atoms with E-state index in [1.807, 2.05) is 0 Å². The van der Waals surface area contributed by atoms with Gasteiger partial charge in [-0.3, -0.25) is 24.1 Å². The summed E-state index contributed by atoms with van der Waals surface area (Å²) in [5.74, 6) is -0.156. The van der Waals surface area contributed by atoms with Gasteiger partial charge < -0.3 is 4.52 Å². The zero-order chi connectivity index (χ0) is 16.3. The first kappa shape index (κ1) is 15.6. The second-order valence-corrected chi connectivity index (χ2v) is 6.31. The Hall–Kier alpha value is -2.28. The number of nitro benzene ring substituents is 1. The molecule has 2 heterocycles. The Labute approximate surface area is 131 Å². The highest BCUT2D eigenvalue weighted by atomic mass is 31.2. The molecule has 3 rings (SSSR count). The van der Waals surface area contributed by atoms with Crippen LogP contribution in [0.2, 0.25) is 0 Å². The van der Waals surface area contributed by atoms with Crippen molar-refractivity contribution in [2.45, 2.75) is 12.5 Å². The van der Waals surface area contributed by atoms with Gasteiger partial charge in [0.1, 0.15) is 0 Å². The van der Waals surface area contributed by atoms with Gasteiger partial charge >= 0.3 is 13.5 Å². The molecular weight excluding hydrogens is 323 g/mol. The molecule has 0 N–H and O–H groups in total. The fourth-order valence-corrected chi connectivity index (χ4v) is 3.59. The molecule has 1 aromatic heterocycles. The molecule has 0 radical (unpaired) electrons. The summed E-state index contributed by atoms with van der Waals surface area (Å²) in [5.41, 5.74) is 0.482. The molecule has 0 bridgehead atoms. The molecule has 1 aromatic carbocycles. The van der Waals surface area contributed by atoms with Crippen molar-refractivity contribution in [1.29, 1.82) is 0 Å². The topological polar surface area (TPSA) is 101 Å². The van der Waals surface area contributed by atoms with Gasteiger partial charge in [-0.05, 0) is 23.8 Å². The second kappa shape index (κ2) is 6.45. The number of para-hydroxylation sites is 2. The molecule has 0 aliphatic carbocycles. The largest absolute Gasteiger partial charge is 0.530 e. The van der Waals surface area contributed by atoms with E-state index in [2.05, 4.69) is 4.98 Å². The fourth-order valence-electron chi connectivity index (χ4n) is 2.17. The van der Waals surface area contributed by atoms with E-state index in [9.17, 15) is 14.7 Å². The van der Waals surface area contributed by atoms with Gasteiger partial charge in [0.2, 0.25) is 5.75 Å². The zero-order valence-corrected chi connectivity index (χ0v) is 12.8. The Bertz CT molecular complexity index is 754. The zero-order valence-electron chi connectivity index (χ0n) is 11.9. The Kier molecular flexibility index (Phi) is 4.38. The fraction of sp³-hybridized carbons (Fsp3) is 0.214. The van der Waals surface area contributed by atoms with E-state index in [0.29, 0.717) is 6.42 Å². The minimum absolute atomic E-state index is 0.156.